The van der Waals surface area contributed by atoms with E-state index < -0.39 is 6.09 Å². The van der Waals surface area contributed by atoms with Crippen LogP contribution in [0.3, 0.4) is 0 Å². The second kappa shape index (κ2) is 16.9. The molecule has 242 valence electrons. The van der Waals surface area contributed by atoms with E-state index in [9.17, 15) is 14.7 Å². The summed E-state index contributed by atoms with van der Waals surface area (Å²) in [5.41, 5.74) is 7.70. The predicted molar refractivity (Wildman–Crippen MR) is 185 cm³/mol. The number of hydrogen-bond acceptors (Lipinski definition) is 4. The number of amides is 2. The maximum absolute atomic E-state index is 11.4. The minimum atomic E-state index is -1.05. The lowest BCUT2D eigenvalue weighted by molar-refractivity contribution is -0.118. The van der Waals surface area contributed by atoms with Gasteiger partial charge in [-0.05, 0) is 96.3 Å². The van der Waals surface area contributed by atoms with Crippen LogP contribution in [0.4, 0.5) is 4.79 Å². The Morgan fingerprint density at radius 1 is 0.870 bits per heavy atom. The number of carbonyl (C=O) groups is 2. The summed E-state index contributed by atoms with van der Waals surface area (Å²) in [4.78, 5) is 22.7. The summed E-state index contributed by atoms with van der Waals surface area (Å²) in [5.74, 6) is 1.06. The van der Waals surface area contributed by atoms with Gasteiger partial charge in [0, 0.05) is 25.9 Å². The summed E-state index contributed by atoms with van der Waals surface area (Å²) in [5, 5.41) is 15.7. The van der Waals surface area contributed by atoms with Gasteiger partial charge in [0.1, 0.15) is 19.0 Å². The molecule has 0 radical (unpaired) electrons. The highest BCUT2D eigenvalue weighted by Crippen LogP contribution is 2.34. The predicted octanol–water partition coefficient (Wildman–Crippen LogP) is 8.40. The summed E-state index contributed by atoms with van der Waals surface area (Å²) in [7, 11) is 0. The molecule has 0 aromatic heterocycles. The largest absolute Gasteiger partial charge is 0.490 e. The zero-order valence-corrected chi connectivity index (χ0v) is 27.9. The molecule has 0 saturated heterocycles. The normalized spacial score (nSPS) is 11.5. The van der Waals surface area contributed by atoms with E-state index in [2.05, 4.69) is 47.9 Å². The first-order valence-corrected chi connectivity index (χ1v) is 16.1. The van der Waals surface area contributed by atoms with Gasteiger partial charge in [0.15, 0.2) is 5.75 Å². The van der Waals surface area contributed by atoms with Gasteiger partial charge >= 0.3 is 6.09 Å². The molecule has 4 rings (SSSR count). The van der Waals surface area contributed by atoms with Crippen molar-refractivity contribution < 1.29 is 24.2 Å². The molecule has 4 aromatic rings. The zero-order chi connectivity index (χ0) is 33.1. The topological polar surface area (TPSA) is 96.9 Å². The number of nitrogens with one attached hydrogen (secondary N) is 2. The summed E-state index contributed by atoms with van der Waals surface area (Å²) in [6, 6.07) is 26.1. The van der Waals surface area contributed by atoms with E-state index in [0.29, 0.717) is 41.1 Å². The average molecular weight is 664 g/mol. The van der Waals surface area contributed by atoms with Gasteiger partial charge in [-0.3, -0.25) is 4.79 Å². The third-order valence-corrected chi connectivity index (χ3v) is 8.24. The molecule has 1 atom stereocenters. The highest BCUT2D eigenvalue weighted by molar-refractivity contribution is 6.37. The third-order valence-electron chi connectivity index (χ3n) is 7.68. The number of hydrogen-bond donors (Lipinski definition) is 3. The van der Waals surface area contributed by atoms with Crippen LogP contribution >= 0.6 is 23.2 Å². The van der Waals surface area contributed by atoms with E-state index in [4.69, 9.17) is 32.7 Å². The highest BCUT2D eigenvalue weighted by atomic mass is 35.5. The van der Waals surface area contributed by atoms with Crippen LogP contribution in [0.1, 0.15) is 47.1 Å². The van der Waals surface area contributed by atoms with Crippen LogP contribution in [0.2, 0.25) is 10.0 Å². The lowest BCUT2D eigenvalue weighted by Crippen LogP contribution is -2.28. The molecule has 1 unspecified atom stereocenters. The maximum Gasteiger partial charge on any atom is 0.404 e. The molecular formula is C37H40Cl2N2O5. The molecule has 2 amide bonds. The fourth-order valence-electron chi connectivity index (χ4n) is 5.50. The molecule has 0 aliphatic carbocycles. The fourth-order valence-corrected chi connectivity index (χ4v) is 6.21. The first-order valence-electron chi connectivity index (χ1n) is 15.3. The van der Waals surface area contributed by atoms with Crippen molar-refractivity contribution in [2.45, 2.75) is 46.0 Å². The molecule has 0 fully saturated rings. The van der Waals surface area contributed by atoms with Crippen LogP contribution in [-0.2, 0) is 17.6 Å². The Balaban J connectivity index is 1.41. The molecule has 4 aromatic carbocycles. The monoisotopic (exact) mass is 662 g/mol. The number of halogens is 2. The number of carboxylic acid groups (broad SMARTS) is 1. The van der Waals surface area contributed by atoms with E-state index in [-0.39, 0.29) is 25.0 Å². The Kier molecular flexibility index (Phi) is 12.8. The van der Waals surface area contributed by atoms with Gasteiger partial charge in [0.25, 0.3) is 0 Å². The third kappa shape index (κ3) is 10.2. The SMILES string of the molecule is CC(=O)NCCCc1ccccc1-c1ccc(C(CNC(=O)O)Cc2ccc(OCCOc3c(Cl)cc(C)cc3Cl)cc2)c(C)c1. The molecule has 0 aliphatic rings. The Morgan fingerprint density at radius 2 is 1.57 bits per heavy atom. The van der Waals surface area contributed by atoms with Gasteiger partial charge in [-0.25, -0.2) is 4.79 Å². The zero-order valence-electron chi connectivity index (χ0n) is 26.4. The van der Waals surface area contributed by atoms with Crippen molar-refractivity contribution in [2.24, 2.45) is 0 Å². The van der Waals surface area contributed by atoms with Crippen molar-refractivity contribution in [1.82, 2.24) is 10.6 Å². The van der Waals surface area contributed by atoms with Gasteiger partial charge in [-0.1, -0.05) is 77.8 Å². The minimum Gasteiger partial charge on any atom is -0.490 e. The summed E-state index contributed by atoms with van der Waals surface area (Å²) in [6.45, 7) is 7.04. The quantitative estimate of drug-likeness (QED) is 0.111. The Hall–Kier alpha value is -4.20. The second-order valence-corrected chi connectivity index (χ2v) is 12.1. The average Bonchev–Trinajstić information content (AvgIpc) is 3.01. The fraction of sp³-hybridized carbons (Fsp3) is 0.297. The Bertz CT molecular complexity index is 1620. The van der Waals surface area contributed by atoms with Crippen LogP contribution in [0, 0.1) is 13.8 Å². The first kappa shape index (κ1) is 34.7. The van der Waals surface area contributed by atoms with E-state index in [0.717, 1.165) is 46.2 Å². The smallest absolute Gasteiger partial charge is 0.404 e. The number of rotatable bonds is 15. The van der Waals surface area contributed by atoms with Crippen molar-refractivity contribution >= 4 is 35.2 Å². The Morgan fingerprint density at radius 3 is 2.24 bits per heavy atom. The Labute approximate surface area is 280 Å². The van der Waals surface area contributed by atoms with Crippen LogP contribution in [0.15, 0.2) is 78.9 Å². The van der Waals surface area contributed by atoms with E-state index in [1.165, 1.54) is 12.5 Å². The maximum atomic E-state index is 11.4. The molecule has 0 aliphatic heterocycles. The van der Waals surface area contributed by atoms with Crippen LogP contribution in [-0.4, -0.2) is 43.4 Å². The van der Waals surface area contributed by atoms with Crippen LogP contribution in [0.25, 0.3) is 11.1 Å². The number of carbonyl (C=O) groups excluding carboxylic acids is 1. The van der Waals surface area contributed by atoms with Crippen LogP contribution < -0.4 is 20.1 Å². The van der Waals surface area contributed by atoms with Gasteiger partial charge in [-0.2, -0.15) is 0 Å². The standard InChI is InChI=1S/C37H40Cl2N2O5/c1-24-19-34(38)36(35(39)20-24)46-18-17-45-31-13-10-27(11-14-31)22-30(23-41-37(43)44)32-15-12-29(21-25(32)2)33-9-5-4-7-28(33)8-6-16-40-26(3)42/h4-5,7,9-15,19-21,30,41H,6,8,16-18,22-23H2,1-3H3,(H,40,42)(H,43,44). The van der Waals surface area contributed by atoms with Crippen molar-refractivity contribution in [3.05, 3.63) is 117 Å². The molecule has 0 heterocycles. The van der Waals surface area contributed by atoms with Crippen molar-refractivity contribution in [1.29, 1.82) is 0 Å². The minimum absolute atomic E-state index is 0.0208. The van der Waals surface area contributed by atoms with Gasteiger partial charge in [0.2, 0.25) is 5.91 Å². The molecule has 7 nitrogen and oxygen atoms in total. The number of aryl methyl sites for hydroxylation is 3. The lowest BCUT2D eigenvalue weighted by atomic mass is 9.86. The summed E-state index contributed by atoms with van der Waals surface area (Å²) in [6.07, 6.45) is 1.30. The molecule has 46 heavy (non-hydrogen) atoms. The molecule has 0 spiro atoms. The van der Waals surface area contributed by atoms with E-state index in [1.54, 1.807) is 12.1 Å². The summed E-state index contributed by atoms with van der Waals surface area (Å²) < 4.78 is 11.6. The van der Waals surface area contributed by atoms with Crippen LogP contribution in [0.5, 0.6) is 11.5 Å². The first-order chi connectivity index (χ1) is 22.1. The molecule has 3 N–H and O–H groups in total. The summed E-state index contributed by atoms with van der Waals surface area (Å²) >= 11 is 12.5. The second-order valence-electron chi connectivity index (χ2n) is 11.3. The number of ether oxygens (including phenoxy) is 2. The highest BCUT2D eigenvalue weighted by Gasteiger charge is 2.18. The molecule has 0 saturated carbocycles. The lowest BCUT2D eigenvalue weighted by Gasteiger charge is -2.21. The molecular weight excluding hydrogens is 623 g/mol. The van der Waals surface area contributed by atoms with E-state index in [1.807, 2.05) is 43.3 Å². The van der Waals surface area contributed by atoms with Gasteiger partial charge in [-0.15, -0.1) is 0 Å². The van der Waals surface area contributed by atoms with E-state index >= 15 is 0 Å². The molecule has 9 heteroatoms. The van der Waals surface area contributed by atoms with Crippen molar-refractivity contribution in [3.8, 4) is 22.6 Å². The van der Waals surface area contributed by atoms with Crippen molar-refractivity contribution in [3.63, 3.8) is 0 Å². The van der Waals surface area contributed by atoms with Gasteiger partial charge in [0.05, 0.1) is 10.0 Å². The number of benzene rings is 4. The van der Waals surface area contributed by atoms with Crippen molar-refractivity contribution in [2.75, 3.05) is 26.3 Å². The van der Waals surface area contributed by atoms with Gasteiger partial charge < -0.3 is 25.2 Å². The molecule has 0 bridgehead atoms.